The van der Waals surface area contributed by atoms with Gasteiger partial charge >= 0.3 is 6.18 Å². The predicted molar refractivity (Wildman–Crippen MR) is 119 cm³/mol. The summed E-state index contributed by atoms with van der Waals surface area (Å²) >= 11 is 4.71. The largest absolute Gasteiger partial charge is 0.433 e. The lowest BCUT2D eigenvalue weighted by atomic mass is 10.1. The van der Waals surface area contributed by atoms with Gasteiger partial charge in [-0.25, -0.2) is 19.5 Å². The van der Waals surface area contributed by atoms with Gasteiger partial charge in [0.05, 0.1) is 21.4 Å². The van der Waals surface area contributed by atoms with E-state index in [1.807, 2.05) is 25.5 Å². The Labute approximate surface area is 192 Å². The second-order valence-electron chi connectivity index (χ2n) is 7.62. The Kier molecular flexibility index (Phi) is 4.79. The number of pyridine rings is 1. The molecule has 0 N–H and O–H groups in total. The highest BCUT2D eigenvalue weighted by molar-refractivity contribution is 9.10. The van der Waals surface area contributed by atoms with E-state index in [9.17, 15) is 13.2 Å². The van der Waals surface area contributed by atoms with Crippen molar-refractivity contribution in [3.05, 3.63) is 45.3 Å². The molecule has 5 aromatic rings. The monoisotopic (exact) mass is 523 g/mol. The van der Waals surface area contributed by atoms with Gasteiger partial charge in [0.2, 0.25) is 0 Å². The summed E-state index contributed by atoms with van der Waals surface area (Å²) in [5.74, 6) is 0.568. The van der Waals surface area contributed by atoms with Gasteiger partial charge in [0.25, 0.3) is 0 Å². The Bertz CT molecular complexity index is 1520. The average molecular weight is 524 g/mol. The van der Waals surface area contributed by atoms with Crippen LogP contribution in [-0.2, 0) is 6.18 Å². The van der Waals surface area contributed by atoms with Crippen LogP contribution < -0.4 is 0 Å². The number of rotatable bonds is 3. The van der Waals surface area contributed by atoms with Gasteiger partial charge in [0, 0.05) is 5.39 Å². The summed E-state index contributed by atoms with van der Waals surface area (Å²) in [6.45, 7) is 7.56. The first-order valence-corrected chi connectivity index (χ1v) is 11.4. The Morgan fingerprint density at radius 1 is 1.16 bits per heavy atom. The highest BCUT2D eigenvalue weighted by Crippen LogP contribution is 2.39. The molecule has 0 fully saturated rings. The van der Waals surface area contributed by atoms with Crippen LogP contribution in [-0.4, -0.2) is 34.3 Å². The first-order valence-electron chi connectivity index (χ1n) is 9.83. The molecule has 0 saturated heterocycles. The molecule has 32 heavy (non-hydrogen) atoms. The molecule has 0 saturated carbocycles. The van der Waals surface area contributed by atoms with Gasteiger partial charge in [-0.1, -0.05) is 6.92 Å². The third kappa shape index (κ3) is 3.11. The average Bonchev–Trinajstić information content (AvgIpc) is 3.38. The lowest BCUT2D eigenvalue weighted by Crippen LogP contribution is -2.14. The Morgan fingerprint density at radius 3 is 2.53 bits per heavy atom. The molecule has 1 atom stereocenters. The lowest BCUT2D eigenvalue weighted by Gasteiger charge is -2.13. The minimum atomic E-state index is -4.51. The summed E-state index contributed by atoms with van der Waals surface area (Å²) in [7, 11) is 0. The molecule has 166 valence electrons. The molecular weight excluding hydrogens is 507 g/mol. The maximum Gasteiger partial charge on any atom is 0.433 e. The Morgan fingerprint density at radius 2 is 1.91 bits per heavy atom. The fourth-order valence-electron chi connectivity index (χ4n) is 3.92. The van der Waals surface area contributed by atoms with Crippen molar-refractivity contribution >= 4 is 53.3 Å². The van der Waals surface area contributed by atoms with E-state index in [-0.39, 0.29) is 10.9 Å². The Hall–Kier alpha value is -2.60. The highest BCUT2D eigenvalue weighted by atomic mass is 79.9. The van der Waals surface area contributed by atoms with Gasteiger partial charge in [-0.15, -0.1) is 16.4 Å². The van der Waals surface area contributed by atoms with E-state index < -0.39 is 11.9 Å². The zero-order chi connectivity index (χ0) is 22.9. The smallest absolute Gasteiger partial charge is 0.258 e. The minimum absolute atomic E-state index is 0.193. The van der Waals surface area contributed by atoms with Crippen molar-refractivity contribution in [2.75, 3.05) is 0 Å². The third-order valence-electron chi connectivity index (χ3n) is 5.49. The zero-order valence-electron chi connectivity index (χ0n) is 17.5. The molecule has 0 aliphatic heterocycles. The maximum absolute atomic E-state index is 13.2. The van der Waals surface area contributed by atoms with Gasteiger partial charge < -0.3 is 0 Å². The lowest BCUT2D eigenvalue weighted by molar-refractivity contribution is -0.141. The Balaban J connectivity index is 1.73. The van der Waals surface area contributed by atoms with E-state index in [4.69, 9.17) is 4.98 Å². The molecule has 5 rings (SSSR count). The van der Waals surface area contributed by atoms with Crippen LogP contribution in [0.3, 0.4) is 0 Å². The van der Waals surface area contributed by atoms with Crippen molar-refractivity contribution in [3.8, 4) is 0 Å². The number of fused-ring (bicyclic) bond motifs is 5. The van der Waals surface area contributed by atoms with E-state index in [0.717, 1.165) is 33.3 Å². The fourth-order valence-corrected chi connectivity index (χ4v) is 5.36. The van der Waals surface area contributed by atoms with Crippen LogP contribution in [0, 0.1) is 20.8 Å². The molecule has 0 aromatic carbocycles. The van der Waals surface area contributed by atoms with E-state index in [2.05, 4.69) is 36.1 Å². The topological polar surface area (TPSA) is 73.8 Å². The molecule has 0 radical (unpaired) electrons. The molecule has 1 unspecified atom stereocenters. The summed E-state index contributed by atoms with van der Waals surface area (Å²) in [5.41, 5.74) is 2.53. The minimum Gasteiger partial charge on any atom is -0.258 e. The van der Waals surface area contributed by atoms with Gasteiger partial charge in [0.15, 0.2) is 11.5 Å². The molecule has 0 bridgehead atoms. The van der Waals surface area contributed by atoms with E-state index in [1.165, 1.54) is 0 Å². The maximum atomic E-state index is 13.2. The number of thiophene rings is 1. The molecule has 0 aliphatic rings. The molecule has 0 amide bonds. The zero-order valence-corrected chi connectivity index (χ0v) is 19.9. The molecule has 0 spiro atoms. The second-order valence-corrected chi connectivity index (χ2v) is 9.41. The predicted octanol–water partition coefficient (Wildman–Crippen LogP) is 5.79. The summed E-state index contributed by atoms with van der Waals surface area (Å²) in [4.78, 5) is 13.4. The van der Waals surface area contributed by atoms with Gasteiger partial charge in [-0.3, -0.25) is 4.68 Å². The second kappa shape index (κ2) is 7.20. The third-order valence-corrected chi connectivity index (χ3v) is 7.70. The summed E-state index contributed by atoms with van der Waals surface area (Å²) < 4.78 is 44.8. The number of hydrogen-bond acceptors (Lipinski definition) is 6. The quantitative estimate of drug-likeness (QED) is 0.299. The number of halogens is 4. The summed E-state index contributed by atoms with van der Waals surface area (Å²) in [6.07, 6.45) is -2.26. The van der Waals surface area contributed by atoms with Crippen molar-refractivity contribution in [1.29, 1.82) is 0 Å². The van der Waals surface area contributed by atoms with Crippen LogP contribution in [0.4, 0.5) is 13.2 Å². The molecule has 7 nitrogen and oxygen atoms in total. The van der Waals surface area contributed by atoms with Crippen LogP contribution in [0.2, 0.25) is 0 Å². The van der Waals surface area contributed by atoms with Crippen LogP contribution in [0.1, 0.15) is 47.9 Å². The molecule has 5 aromatic heterocycles. The van der Waals surface area contributed by atoms with Crippen LogP contribution in [0.15, 0.2) is 16.9 Å². The van der Waals surface area contributed by atoms with Crippen molar-refractivity contribution in [2.24, 2.45) is 0 Å². The fraction of sp³-hybridized carbons (Fsp3) is 0.350. The number of nitrogens with zero attached hydrogens (tertiary/aromatic N) is 7. The summed E-state index contributed by atoms with van der Waals surface area (Å²) in [5, 5.41) is 9.84. The van der Waals surface area contributed by atoms with E-state index in [1.54, 1.807) is 17.8 Å². The number of hydrogen-bond donors (Lipinski definition) is 0. The van der Waals surface area contributed by atoms with E-state index in [0.29, 0.717) is 39.1 Å². The molecule has 12 heteroatoms. The number of aromatic nitrogens is 7. The van der Waals surface area contributed by atoms with Crippen LogP contribution in [0.25, 0.3) is 26.1 Å². The number of alkyl halides is 3. The SMILES string of the molecule is CCC(c1nc2c3sc4nc(C(F)(F)F)cc(C)c4c3ncn2n1)n1nc(C)c(Br)c1C. The first-order chi connectivity index (χ1) is 15.1. The van der Waals surface area contributed by atoms with E-state index >= 15 is 0 Å². The van der Waals surface area contributed by atoms with Gasteiger partial charge in [-0.2, -0.15) is 18.3 Å². The van der Waals surface area contributed by atoms with Crippen molar-refractivity contribution < 1.29 is 13.2 Å². The number of aryl methyl sites for hydroxylation is 2. The molecule has 0 aliphatic carbocycles. The van der Waals surface area contributed by atoms with Crippen molar-refractivity contribution in [3.63, 3.8) is 0 Å². The molecular formula is C20H17BrF3N7S. The van der Waals surface area contributed by atoms with Gasteiger partial charge in [-0.05, 0) is 54.8 Å². The van der Waals surface area contributed by atoms with Crippen LogP contribution >= 0.6 is 27.3 Å². The van der Waals surface area contributed by atoms with Crippen molar-refractivity contribution in [2.45, 2.75) is 46.3 Å². The standard InChI is InChI=1S/C20H17BrF3N7S/c1-5-11(31-10(4)14(21)9(3)28-31)17-27-18-16-15(25-7-30(18)29-17)13-8(2)6-12(20(22,23)24)26-19(13)32-16/h6-7,11H,5H2,1-4H3. The normalized spacial score (nSPS) is 13.6. The highest BCUT2D eigenvalue weighted by Gasteiger charge is 2.34. The van der Waals surface area contributed by atoms with Crippen LogP contribution in [0.5, 0.6) is 0 Å². The van der Waals surface area contributed by atoms with Gasteiger partial charge in [0.1, 0.15) is 27.6 Å². The summed E-state index contributed by atoms with van der Waals surface area (Å²) in [6, 6.07) is 0.865. The van der Waals surface area contributed by atoms with Crippen molar-refractivity contribution in [1.82, 2.24) is 34.3 Å². The molecule has 5 heterocycles. The first kappa shape index (κ1) is 21.3.